The van der Waals surface area contributed by atoms with Crippen LogP contribution in [0.5, 0.6) is 5.88 Å². The summed E-state index contributed by atoms with van der Waals surface area (Å²) >= 11 is 0. The van der Waals surface area contributed by atoms with E-state index in [4.69, 9.17) is 10.5 Å². The molecule has 2 heterocycles. The molecule has 0 radical (unpaired) electrons. The van der Waals surface area contributed by atoms with E-state index in [-0.39, 0.29) is 0 Å². The maximum absolute atomic E-state index is 10.1. The molecule has 0 aliphatic carbocycles. The molecular weight excluding hydrogens is 230 g/mol. The minimum Gasteiger partial charge on any atom is -0.481 e. The summed E-state index contributed by atoms with van der Waals surface area (Å²) in [5.41, 5.74) is 7.09. The van der Waals surface area contributed by atoms with E-state index in [2.05, 4.69) is 9.97 Å². The third-order valence-corrected chi connectivity index (χ3v) is 2.63. The molecule has 0 aliphatic heterocycles. The molecule has 0 amide bonds. The Bertz CT molecular complexity index is 531. The number of aliphatic hydroxyl groups excluding tert-OH is 1. The topological polar surface area (TPSA) is 81.3 Å². The van der Waals surface area contributed by atoms with Crippen molar-refractivity contribution in [1.29, 1.82) is 0 Å². The number of nitrogens with two attached hydrogens (primary N) is 1. The minimum absolute atomic E-state index is 0.375. The fourth-order valence-corrected chi connectivity index (χ4v) is 1.67. The number of aromatic nitrogens is 2. The second-order valence-corrected chi connectivity index (χ2v) is 3.87. The van der Waals surface area contributed by atoms with Crippen LogP contribution < -0.4 is 10.5 Å². The summed E-state index contributed by atoms with van der Waals surface area (Å²) in [6.45, 7) is 0. The lowest BCUT2D eigenvalue weighted by atomic mass is 10.1. The van der Waals surface area contributed by atoms with E-state index >= 15 is 0 Å². The number of methoxy groups -OCH3 is 1. The zero-order valence-corrected chi connectivity index (χ0v) is 10.1. The molecule has 0 spiro atoms. The largest absolute Gasteiger partial charge is 0.481 e. The Morgan fingerprint density at radius 2 is 2.17 bits per heavy atom. The molecular formula is C13H15N3O2. The number of hydrogen-bond acceptors (Lipinski definition) is 5. The Balaban J connectivity index is 2.16. The van der Waals surface area contributed by atoms with Gasteiger partial charge in [0.05, 0.1) is 12.8 Å². The number of rotatable bonds is 4. The van der Waals surface area contributed by atoms with Gasteiger partial charge in [0.1, 0.15) is 11.9 Å². The van der Waals surface area contributed by atoms with Gasteiger partial charge in [-0.2, -0.15) is 0 Å². The highest BCUT2D eigenvalue weighted by atomic mass is 16.5. The highest BCUT2D eigenvalue weighted by molar-refractivity contribution is 5.39. The van der Waals surface area contributed by atoms with Crippen molar-refractivity contribution in [3.8, 4) is 5.88 Å². The second kappa shape index (κ2) is 5.46. The number of anilines is 1. The minimum atomic E-state index is -0.730. The summed E-state index contributed by atoms with van der Waals surface area (Å²) in [5.74, 6) is 0.908. The maximum atomic E-state index is 10.1. The Morgan fingerprint density at radius 1 is 1.33 bits per heavy atom. The summed E-state index contributed by atoms with van der Waals surface area (Å²) in [6.07, 6.45) is 1.26. The molecule has 18 heavy (non-hydrogen) atoms. The Kier molecular flexibility index (Phi) is 3.74. The predicted molar refractivity (Wildman–Crippen MR) is 68.1 cm³/mol. The highest BCUT2D eigenvalue weighted by Gasteiger charge is 2.12. The summed E-state index contributed by atoms with van der Waals surface area (Å²) in [7, 11) is 1.54. The van der Waals surface area contributed by atoms with Crippen LogP contribution in [-0.4, -0.2) is 22.2 Å². The van der Waals surface area contributed by atoms with E-state index < -0.39 is 6.10 Å². The monoisotopic (exact) mass is 245 g/mol. The van der Waals surface area contributed by atoms with Crippen molar-refractivity contribution < 1.29 is 9.84 Å². The van der Waals surface area contributed by atoms with Gasteiger partial charge in [0.25, 0.3) is 0 Å². The number of nitrogens with zero attached hydrogens (tertiary/aromatic N) is 2. The van der Waals surface area contributed by atoms with Crippen LogP contribution in [0.2, 0.25) is 0 Å². The molecule has 94 valence electrons. The smallest absolute Gasteiger partial charge is 0.213 e. The third kappa shape index (κ3) is 2.75. The molecule has 0 bridgehead atoms. The average molecular weight is 245 g/mol. The fourth-order valence-electron chi connectivity index (χ4n) is 1.67. The SMILES string of the molecule is COc1cccc(C(O)Cc2cccnc2N)n1. The molecule has 1 unspecified atom stereocenters. The van der Waals surface area contributed by atoms with Gasteiger partial charge in [-0.15, -0.1) is 0 Å². The van der Waals surface area contributed by atoms with Gasteiger partial charge in [-0.25, -0.2) is 9.97 Å². The molecule has 2 aromatic rings. The van der Waals surface area contributed by atoms with E-state index in [1.54, 1.807) is 30.5 Å². The van der Waals surface area contributed by atoms with Crippen LogP contribution in [0.3, 0.4) is 0 Å². The first-order valence-electron chi connectivity index (χ1n) is 5.59. The molecule has 2 rings (SSSR count). The number of pyridine rings is 2. The van der Waals surface area contributed by atoms with Crippen molar-refractivity contribution in [3.05, 3.63) is 47.8 Å². The average Bonchev–Trinajstić information content (AvgIpc) is 2.41. The lowest BCUT2D eigenvalue weighted by molar-refractivity contribution is 0.172. The Hall–Kier alpha value is -2.14. The van der Waals surface area contributed by atoms with Crippen LogP contribution in [0.15, 0.2) is 36.5 Å². The van der Waals surface area contributed by atoms with Crippen LogP contribution >= 0.6 is 0 Å². The lowest BCUT2D eigenvalue weighted by Crippen LogP contribution is -2.07. The zero-order chi connectivity index (χ0) is 13.0. The van der Waals surface area contributed by atoms with Crippen molar-refractivity contribution >= 4 is 5.82 Å². The third-order valence-electron chi connectivity index (χ3n) is 2.63. The molecule has 0 aromatic carbocycles. The van der Waals surface area contributed by atoms with Crippen molar-refractivity contribution in [1.82, 2.24) is 9.97 Å². The van der Waals surface area contributed by atoms with Gasteiger partial charge in [0.2, 0.25) is 5.88 Å². The molecule has 2 aromatic heterocycles. The van der Waals surface area contributed by atoms with E-state index in [1.807, 2.05) is 6.07 Å². The van der Waals surface area contributed by atoms with Gasteiger partial charge in [-0.3, -0.25) is 0 Å². The summed E-state index contributed by atoms with van der Waals surface area (Å²) in [4.78, 5) is 8.16. The molecule has 3 N–H and O–H groups in total. The Labute approximate surface area is 105 Å². The highest BCUT2D eigenvalue weighted by Crippen LogP contribution is 2.20. The normalized spacial score (nSPS) is 12.1. The summed E-state index contributed by atoms with van der Waals surface area (Å²) < 4.78 is 5.02. The zero-order valence-electron chi connectivity index (χ0n) is 10.1. The van der Waals surface area contributed by atoms with E-state index in [0.717, 1.165) is 5.56 Å². The van der Waals surface area contributed by atoms with Crippen molar-refractivity contribution in [2.24, 2.45) is 0 Å². The molecule has 5 heteroatoms. The van der Waals surface area contributed by atoms with Gasteiger partial charge in [0.15, 0.2) is 0 Å². The van der Waals surface area contributed by atoms with Crippen molar-refractivity contribution in [3.63, 3.8) is 0 Å². The lowest BCUT2D eigenvalue weighted by Gasteiger charge is -2.12. The van der Waals surface area contributed by atoms with Gasteiger partial charge < -0.3 is 15.6 Å². The van der Waals surface area contributed by atoms with Crippen LogP contribution in [0, 0.1) is 0 Å². The van der Waals surface area contributed by atoms with Gasteiger partial charge in [-0.05, 0) is 17.7 Å². The molecule has 0 saturated carbocycles. The first kappa shape index (κ1) is 12.3. The quantitative estimate of drug-likeness (QED) is 0.849. The standard InChI is InChI=1S/C13H15N3O2/c1-18-12-6-2-5-10(16-12)11(17)8-9-4-3-7-15-13(9)14/h2-7,11,17H,8H2,1H3,(H2,14,15). The van der Waals surface area contributed by atoms with Crippen LogP contribution in [0.1, 0.15) is 17.4 Å². The molecule has 1 atom stereocenters. The van der Waals surface area contributed by atoms with Crippen molar-refractivity contribution in [2.45, 2.75) is 12.5 Å². The van der Waals surface area contributed by atoms with E-state index in [1.165, 1.54) is 7.11 Å². The second-order valence-electron chi connectivity index (χ2n) is 3.87. The number of nitrogen functional groups attached to an aromatic ring is 1. The van der Waals surface area contributed by atoms with E-state index in [0.29, 0.717) is 23.8 Å². The number of ether oxygens (including phenoxy) is 1. The van der Waals surface area contributed by atoms with Gasteiger partial charge in [-0.1, -0.05) is 12.1 Å². The van der Waals surface area contributed by atoms with Crippen LogP contribution in [0.4, 0.5) is 5.82 Å². The summed E-state index contributed by atoms with van der Waals surface area (Å²) in [5, 5.41) is 10.1. The molecule has 0 aliphatic rings. The number of hydrogen-bond donors (Lipinski definition) is 2. The summed E-state index contributed by atoms with van der Waals surface area (Å²) in [6, 6.07) is 8.90. The maximum Gasteiger partial charge on any atom is 0.213 e. The van der Waals surface area contributed by atoms with Crippen molar-refractivity contribution in [2.75, 3.05) is 12.8 Å². The predicted octanol–water partition coefficient (Wildman–Crippen LogP) is 1.34. The molecule has 0 fully saturated rings. The van der Waals surface area contributed by atoms with Gasteiger partial charge in [0, 0.05) is 18.7 Å². The Morgan fingerprint density at radius 3 is 2.89 bits per heavy atom. The van der Waals surface area contributed by atoms with Crippen LogP contribution in [-0.2, 0) is 6.42 Å². The fraction of sp³-hybridized carbons (Fsp3) is 0.231. The molecule has 0 saturated heterocycles. The molecule has 5 nitrogen and oxygen atoms in total. The first-order valence-corrected chi connectivity index (χ1v) is 5.59. The van der Waals surface area contributed by atoms with E-state index in [9.17, 15) is 5.11 Å². The first-order chi connectivity index (χ1) is 8.70. The van der Waals surface area contributed by atoms with Gasteiger partial charge >= 0.3 is 0 Å². The number of aliphatic hydroxyl groups is 1. The van der Waals surface area contributed by atoms with Crippen LogP contribution in [0.25, 0.3) is 0 Å².